The van der Waals surface area contributed by atoms with Gasteiger partial charge >= 0.3 is 0 Å². The van der Waals surface area contributed by atoms with Gasteiger partial charge in [-0.15, -0.1) is 12.4 Å². The molecule has 0 aromatic heterocycles. The van der Waals surface area contributed by atoms with Crippen molar-refractivity contribution in [3.8, 4) is 11.5 Å². The van der Waals surface area contributed by atoms with E-state index in [0.29, 0.717) is 19.8 Å². The lowest BCUT2D eigenvalue weighted by Crippen LogP contribution is -2.40. The van der Waals surface area contributed by atoms with Gasteiger partial charge in [-0.05, 0) is 61.5 Å². The van der Waals surface area contributed by atoms with Gasteiger partial charge < -0.3 is 24.2 Å². The Bertz CT molecular complexity index is 750. The zero-order chi connectivity index (χ0) is 19.2. The molecule has 0 aliphatic carbocycles. The molecule has 158 valence electrons. The fraction of sp³-hybridized carbons (Fsp3) is 0.478. The first-order valence-electron chi connectivity index (χ1n) is 10.2. The number of rotatable bonds is 8. The van der Waals surface area contributed by atoms with Gasteiger partial charge in [-0.1, -0.05) is 36.4 Å². The average Bonchev–Trinajstić information content (AvgIpc) is 3.18. The van der Waals surface area contributed by atoms with Crippen molar-refractivity contribution in [3.05, 3.63) is 59.7 Å². The summed E-state index contributed by atoms with van der Waals surface area (Å²) in [4.78, 5) is 2.36. The summed E-state index contributed by atoms with van der Waals surface area (Å²) in [7, 11) is 0. The van der Waals surface area contributed by atoms with Gasteiger partial charge in [0.2, 0.25) is 6.79 Å². The topological polar surface area (TPSA) is 51.2 Å². The Morgan fingerprint density at radius 2 is 1.76 bits per heavy atom. The first kappa shape index (κ1) is 21.9. The molecular formula is C23H30ClNO4. The van der Waals surface area contributed by atoms with E-state index in [1.165, 1.54) is 18.4 Å². The molecule has 0 saturated carbocycles. The van der Waals surface area contributed by atoms with Crippen LogP contribution in [0, 0.1) is 5.92 Å². The van der Waals surface area contributed by atoms with Gasteiger partial charge in [-0.3, -0.25) is 0 Å². The van der Waals surface area contributed by atoms with Gasteiger partial charge in [0.15, 0.2) is 11.5 Å². The van der Waals surface area contributed by atoms with Crippen LogP contribution >= 0.6 is 12.4 Å². The van der Waals surface area contributed by atoms with Crippen LogP contribution in [0.25, 0.3) is 0 Å². The minimum Gasteiger partial charge on any atom is -0.454 e. The molecule has 2 aromatic rings. The van der Waals surface area contributed by atoms with Crippen LogP contribution < -0.4 is 9.47 Å². The Balaban J connectivity index is 0.00000240. The Kier molecular flexibility index (Phi) is 8.19. The number of benzene rings is 2. The van der Waals surface area contributed by atoms with E-state index in [1.807, 2.05) is 18.2 Å². The third-order valence-electron chi connectivity index (χ3n) is 5.56. The molecule has 1 fully saturated rings. The fourth-order valence-electron chi connectivity index (χ4n) is 4.01. The van der Waals surface area contributed by atoms with Crippen molar-refractivity contribution in [2.24, 2.45) is 5.92 Å². The average molecular weight is 420 g/mol. The molecule has 2 heterocycles. The fourth-order valence-corrected chi connectivity index (χ4v) is 4.01. The number of likely N-dealkylation sites (tertiary alicyclic amines) is 1. The molecule has 1 unspecified atom stereocenters. The van der Waals surface area contributed by atoms with Crippen LogP contribution in [0.1, 0.15) is 24.0 Å². The SMILES string of the molecule is Cl.OC(COCc1ccc2c(c1)OCO2)CN1CCC(Cc2ccccc2)CC1. The predicted molar refractivity (Wildman–Crippen MR) is 115 cm³/mol. The predicted octanol–water partition coefficient (Wildman–Crippen LogP) is 3.67. The van der Waals surface area contributed by atoms with Gasteiger partial charge in [-0.25, -0.2) is 0 Å². The summed E-state index contributed by atoms with van der Waals surface area (Å²) >= 11 is 0. The third kappa shape index (κ3) is 6.34. The van der Waals surface area contributed by atoms with Crippen molar-refractivity contribution in [3.63, 3.8) is 0 Å². The van der Waals surface area contributed by atoms with Crippen molar-refractivity contribution in [1.82, 2.24) is 4.90 Å². The quantitative estimate of drug-likeness (QED) is 0.707. The van der Waals surface area contributed by atoms with Crippen molar-refractivity contribution in [2.75, 3.05) is 33.0 Å². The lowest BCUT2D eigenvalue weighted by molar-refractivity contribution is 0.00448. The minimum absolute atomic E-state index is 0. The number of piperidine rings is 1. The molecule has 6 heteroatoms. The highest BCUT2D eigenvalue weighted by atomic mass is 35.5. The molecule has 0 radical (unpaired) electrons. The molecule has 1 saturated heterocycles. The van der Waals surface area contributed by atoms with Gasteiger partial charge in [0.05, 0.1) is 19.3 Å². The number of ether oxygens (including phenoxy) is 3. The maximum atomic E-state index is 10.3. The van der Waals surface area contributed by atoms with Crippen LogP contribution in [0.15, 0.2) is 48.5 Å². The van der Waals surface area contributed by atoms with Gasteiger partial charge in [-0.2, -0.15) is 0 Å². The Hall–Kier alpha value is -1.79. The van der Waals surface area contributed by atoms with Crippen LogP contribution in [0.2, 0.25) is 0 Å². The van der Waals surface area contributed by atoms with Crippen molar-refractivity contribution in [1.29, 1.82) is 0 Å². The van der Waals surface area contributed by atoms with E-state index in [4.69, 9.17) is 14.2 Å². The summed E-state index contributed by atoms with van der Waals surface area (Å²) in [5.41, 5.74) is 2.45. The van der Waals surface area contributed by atoms with Crippen molar-refractivity contribution >= 4 is 12.4 Å². The van der Waals surface area contributed by atoms with Gasteiger partial charge in [0.25, 0.3) is 0 Å². The summed E-state index contributed by atoms with van der Waals surface area (Å²) in [6.45, 7) is 3.87. The van der Waals surface area contributed by atoms with E-state index in [0.717, 1.165) is 42.5 Å². The maximum Gasteiger partial charge on any atom is 0.231 e. The monoisotopic (exact) mass is 419 g/mol. The summed E-state index contributed by atoms with van der Waals surface area (Å²) in [5, 5.41) is 10.3. The molecule has 2 aliphatic heterocycles. The molecule has 1 N–H and O–H groups in total. The highest BCUT2D eigenvalue weighted by Crippen LogP contribution is 2.32. The molecule has 0 bridgehead atoms. The Labute approximate surface area is 179 Å². The molecule has 5 nitrogen and oxygen atoms in total. The molecule has 4 rings (SSSR count). The molecule has 1 atom stereocenters. The zero-order valence-electron chi connectivity index (χ0n) is 16.7. The van der Waals surface area contributed by atoms with Crippen molar-refractivity contribution < 1.29 is 19.3 Å². The lowest BCUT2D eigenvalue weighted by atomic mass is 9.90. The lowest BCUT2D eigenvalue weighted by Gasteiger charge is -2.33. The summed E-state index contributed by atoms with van der Waals surface area (Å²) in [6.07, 6.45) is 3.09. The van der Waals surface area contributed by atoms with E-state index in [-0.39, 0.29) is 19.2 Å². The van der Waals surface area contributed by atoms with Crippen LogP contribution in [0.5, 0.6) is 11.5 Å². The molecule has 2 aromatic carbocycles. The van der Waals surface area contributed by atoms with Crippen molar-refractivity contribution in [2.45, 2.75) is 32.0 Å². The second kappa shape index (κ2) is 10.8. The summed E-state index contributed by atoms with van der Waals surface area (Å²) < 4.78 is 16.4. The van der Waals surface area contributed by atoms with Gasteiger partial charge in [0.1, 0.15) is 0 Å². The highest BCUT2D eigenvalue weighted by Gasteiger charge is 2.21. The molecule has 0 spiro atoms. The number of halogens is 1. The second-order valence-electron chi connectivity index (χ2n) is 7.79. The van der Waals surface area contributed by atoms with E-state index in [9.17, 15) is 5.11 Å². The second-order valence-corrected chi connectivity index (χ2v) is 7.79. The minimum atomic E-state index is -0.459. The van der Waals surface area contributed by atoms with Crippen LogP contribution in [-0.4, -0.2) is 49.1 Å². The normalized spacial score (nSPS) is 17.7. The van der Waals surface area contributed by atoms with Gasteiger partial charge in [0, 0.05) is 6.54 Å². The number of hydrogen-bond donors (Lipinski definition) is 1. The number of nitrogens with zero attached hydrogens (tertiary/aromatic N) is 1. The van der Waals surface area contributed by atoms with E-state index < -0.39 is 6.10 Å². The first-order chi connectivity index (χ1) is 13.8. The standard InChI is InChI=1S/C23H29NO4.ClH/c25-21(16-26-15-20-6-7-22-23(13-20)28-17-27-22)14-24-10-8-19(9-11-24)12-18-4-2-1-3-5-18;/h1-7,13,19,21,25H,8-12,14-17H2;1H. The molecular weight excluding hydrogens is 390 g/mol. The zero-order valence-corrected chi connectivity index (χ0v) is 17.5. The largest absolute Gasteiger partial charge is 0.454 e. The van der Waals surface area contributed by atoms with Crippen LogP contribution in [0.4, 0.5) is 0 Å². The Morgan fingerprint density at radius 1 is 1.00 bits per heavy atom. The Morgan fingerprint density at radius 3 is 2.55 bits per heavy atom. The highest BCUT2D eigenvalue weighted by molar-refractivity contribution is 5.85. The van der Waals surface area contributed by atoms with E-state index in [1.54, 1.807) is 0 Å². The van der Waals surface area contributed by atoms with Crippen LogP contribution in [0.3, 0.4) is 0 Å². The number of β-amino-alcohol motifs (C(OH)–C–C–N with tert-alkyl or cyclic N) is 1. The number of aliphatic hydroxyl groups is 1. The number of hydrogen-bond acceptors (Lipinski definition) is 5. The first-order valence-corrected chi connectivity index (χ1v) is 10.2. The number of aliphatic hydroxyl groups excluding tert-OH is 1. The smallest absolute Gasteiger partial charge is 0.231 e. The number of fused-ring (bicyclic) bond motifs is 1. The summed E-state index contributed by atoms with van der Waals surface area (Å²) in [6, 6.07) is 16.5. The van der Waals surface area contributed by atoms with Crippen LogP contribution in [-0.2, 0) is 17.8 Å². The van der Waals surface area contributed by atoms with E-state index in [2.05, 4.69) is 35.2 Å². The third-order valence-corrected chi connectivity index (χ3v) is 5.56. The maximum absolute atomic E-state index is 10.3. The van der Waals surface area contributed by atoms with E-state index >= 15 is 0 Å². The summed E-state index contributed by atoms with van der Waals surface area (Å²) in [5.74, 6) is 2.29. The molecule has 0 amide bonds. The molecule has 2 aliphatic rings. The molecule has 29 heavy (non-hydrogen) atoms.